The largest absolute Gasteiger partial charge is 0.465 e. The van der Waals surface area contributed by atoms with Crippen molar-refractivity contribution in [1.29, 1.82) is 0 Å². The van der Waals surface area contributed by atoms with E-state index in [0.29, 0.717) is 18.5 Å². The van der Waals surface area contributed by atoms with Crippen LogP contribution in [0.1, 0.15) is 45.5 Å². The topological polar surface area (TPSA) is 57.0 Å². The van der Waals surface area contributed by atoms with Crippen LogP contribution in [0, 0.1) is 0 Å². The monoisotopic (exact) mass is 223 g/mol. The van der Waals surface area contributed by atoms with Gasteiger partial charge in [0.1, 0.15) is 17.6 Å². The molecular formula is C11H17N3O2. The van der Waals surface area contributed by atoms with Gasteiger partial charge in [-0.25, -0.2) is 0 Å². The maximum Gasteiger partial charge on any atom is 0.319 e. The fourth-order valence-corrected chi connectivity index (χ4v) is 1.71. The van der Waals surface area contributed by atoms with E-state index in [4.69, 9.17) is 4.74 Å². The molecule has 0 aliphatic heterocycles. The van der Waals surface area contributed by atoms with Crippen LogP contribution in [0.3, 0.4) is 0 Å². The highest BCUT2D eigenvalue weighted by molar-refractivity contribution is 5.81. The molecule has 1 aliphatic rings. The normalized spacial score (nSPS) is 16.2. The van der Waals surface area contributed by atoms with E-state index in [1.54, 1.807) is 13.3 Å². The van der Waals surface area contributed by atoms with Crippen molar-refractivity contribution in [2.24, 2.45) is 0 Å². The Balaban J connectivity index is 2.27. The average Bonchev–Trinajstić information content (AvgIpc) is 2.96. The molecule has 0 spiro atoms. The second-order valence-corrected chi connectivity index (χ2v) is 4.64. The highest BCUT2D eigenvalue weighted by Crippen LogP contribution is 2.37. The summed E-state index contributed by atoms with van der Waals surface area (Å²) in [5, 5.41) is 7.96. The third kappa shape index (κ3) is 1.81. The molecule has 5 heteroatoms. The fraction of sp³-hybridized carbons (Fsp3) is 0.727. The molecule has 0 N–H and O–H groups in total. The molecule has 0 aromatic carbocycles. The summed E-state index contributed by atoms with van der Waals surface area (Å²) in [6.45, 7) is 5.85. The molecule has 1 aromatic rings. The van der Waals surface area contributed by atoms with Crippen LogP contribution in [0.5, 0.6) is 0 Å². The van der Waals surface area contributed by atoms with Crippen LogP contribution in [-0.4, -0.2) is 27.3 Å². The summed E-state index contributed by atoms with van der Waals surface area (Å²) >= 11 is 0. The second-order valence-electron chi connectivity index (χ2n) is 4.64. The van der Waals surface area contributed by atoms with E-state index >= 15 is 0 Å². The van der Waals surface area contributed by atoms with Crippen molar-refractivity contribution in [3.63, 3.8) is 0 Å². The van der Waals surface area contributed by atoms with Crippen LogP contribution < -0.4 is 0 Å². The van der Waals surface area contributed by atoms with Crippen molar-refractivity contribution in [2.45, 2.75) is 45.1 Å². The van der Waals surface area contributed by atoms with Crippen LogP contribution in [-0.2, 0) is 14.9 Å². The molecule has 0 amide bonds. The molecule has 5 nitrogen and oxygen atoms in total. The molecule has 0 saturated heterocycles. The van der Waals surface area contributed by atoms with Gasteiger partial charge in [0.25, 0.3) is 0 Å². The Labute approximate surface area is 94.8 Å². The fourth-order valence-electron chi connectivity index (χ4n) is 1.71. The van der Waals surface area contributed by atoms with E-state index in [9.17, 15) is 4.79 Å². The maximum atomic E-state index is 11.9. The zero-order valence-corrected chi connectivity index (χ0v) is 9.93. The van der Waals surface area contributed by atoms with Crippen molar-refractivity contribution >= 4 is 5.97 Å². The van der Waals surface area contributed by atoms with Crippen LogP contribution in [0.4, 0.5) is 0 Å². The van der Waals surface area contributed by atoms with E-state index < -0.39 is 5.41 Å². The minimum Gasteiger partial charge on any atom is -0.465 e. The zero-order chi connectivity index (χ0) is 11.8. The first-order valence-corrected chi connectivity index (χ1v) is 5.64. The second kappa shape index (κ2) is 3.88. The van der Waals surface area contributed by atoms with Crippen molar-refractivity contribution < 1.29 is 9.53 Å². The lowest BCUT2D eigenvalue weighted by molar-refractivity contribution is -0.149. The summed E-state index contributed by atoms with van der Waals surface area (Å²) in [6, 6.07) is 0.471. The maximum absolute atomic E-state index is 11.9. The summed E-state index contributed by atoms with van der Waals surface area (Å²) < 4.78 is 7.06. The number of nitrogens with zero attached hydrogens (tertiary/aromatic N) is 3. The molecular weight excluding hydrogens is 206 g/mol. The molecule has 0 unspecified atom stereocenters. The third-order valence-electron chi connectivity index (χ3n) is 2.86. The van der Waals surface area contributed by atoms with Gasteiger partial charge in [-0.2, -0.15) is 0 Å². The Morgan fingerprint density at radius 1 is 1.62 bits per heavy atom. The van der Waals surface area contributed by atoms with E-state index in [2.05, 4.69) is 10.2 Å². The number of ether oxygens (including phenoxy) is 1. The molecule has 0 bridgehead atoms. The number of rotatable bonds is 4. The van der Waals surface area contributed by atoms with E-state index in [-0.39, 0.29) is 5.97 Å². The molecule has 16 heavy (non-hydrogen) atoms. The summed E-state index contributed by atoms with van der Waals surface area (Å²) in [5.74, 6) is 0.457. The lowest BCUT2D eigenvalue weighted by Crippen LogP contribution is -2.34. The molecule has 1 saturated carbocycles. The first kappa shape index (κ1) is 11.1. The number of aromatic nitrogens is 3. The van der Waals surface area contributed by atoms with Gasteiger partial charge in [-0.1, -0.05) is 0 Å². The smallest absolute Gasteiger partial charge is 0.319 e. The van der Waals surface area contributed by atoms with E-state index in [1.807, 2.05) is 18.4 Å². The van der Waals surface area contributed by atoms with E-state index in [1.165, 1.54) is 0 Å². The standard InChI is InChI=1S/C11H17N3O2/c1-4-16-10(15)11(2,3)9-13-12-7-14(9)8-5-6-8/h7-8H,4-6H2,1-3H3. The highest BCUT2D eigenvalue weighted by Gasteiger charge is 2.39. The van der Waals surface area contributed by atoms with Gasteiger partial charge < -0.3 is 9.30 Å². The Kier molecular flexibility index (Phi) is 2.69. The minimum atomic E-state index is -0.727. The molecule has 88 valence electrons. The molecule has 0 atom stereocenters. The SMILES string of the molecule is CCOC(=O)C(C)(C)c1nncn1C1CC1. The lowest BCUT2D eigenvalue weighted by atomic mass is 9.92. The van der Waals surface area contributed by atoms with E-state index in [0.717, 1.165) is 12.8 Å². The van der Waals surface area contributed by atoms with Crippen molar-refractivity contribution in [2.75, 3.05) is 6.61 Å². The quantitative estimate of drug-likeness (QED) is 0.725. The Hall–Kier alpha value is -1.39. The van der Waals surface area contributed by atoms with Gasteiger partial charge in [-0.05, 0) is 33.6 Å². The summed E-state index contributed by atoms with van der Waals surface area (Å²) in [7, 11) is 0. The van der Waals surface area contributed by atoms with Crippen LogP contribution in [0.2, 0.25) is 0 Å². The zero-order valence-electron chi connectivity index (χ0n) is 9.93. The van der Waals surface area contributed by atoms with Crippen molar-refractivity contribution in [3.8, 4) is 0 Å². The summed E-state index contributed by atoms with van der Waals surface area (Å²) in [6.07, 6.45) is 3.99. The molecule has 1 heterocycles. The highest BCUT2D eigenvalue weighted by atomic mass is 16.5. The first-order chi connectivity index (χ1) is 7.57. The van der Waals surface area contributed by atoms with Gasteiger partial charge in [-0.15, -0.1) is 10.2 Å². The molecule has 2 rings (SSSR count). The van der Waals surface area contributed by atoms with Gasteiger partial charge in [-0.3, -0.25) is 4.79 Å². The number of hydrogen-bond donors (Lipinski definition) is 0. The molecule has 1 fully saturated rings. The molecule has 1 aliphatic carbocycles. The number of carbonyl (C=O) groups excluding carboxylic acids is 1. The Bertz CT molecular complexity index is 394. The minimum absolute atomic E-state index is 0.245. The number of hydrogen-bond acceptors (Lipinski definition) is 4. The Morgan fingerprint density at radius 2 is 2.31 bits per heavy atom. The van der Waals surface area contributed by atoms with Gasteiger partial charge in [0.05, 0.1) is 6.61 Å². The van der Waals surface area contributed by atoms with Crippen molar-refractivity contribution in [3.05, 3.63) is 12.2 Å². The third-order valence-corrected chi connectivity index (χ3v) is 2.86. The predicted molar refractivity (Wildman–Crippen MR) is 58.0 cm³/mol. The van der Waals surface area contributed by atoms with Crippen LogP contribution >= 0.6 is 0 Å². The number of esters is 1. The van der Waals surface area contributed by atoms with Gasteiger partial charge in [0.15, 0.2) is 0 Å². The molecule has 1 aromatic heterocycles. The average molecular weight is 223 g/mol. The number of carbonyl (C=O) groups is 1. The van der Waals surface area contributed by atoms with Gasteiger partial charge in [0.2, 0.25) is 0 Å². The summed E-state index contributed by atoms with van der Waals surface area (Å²) in [5.41, 5.74) is -0.727. The van der Waals surface area contributed by atoms with Gasteiger partial charge >= 0.3 is 5.97 Å². The predicted octanol–water partition coefficient (Wildman–Crippen LogP) is 1.45. The first-order valence-electron chi connectivity index (χ1n) is 5.64. The summed E-state index contributed by atoms with van der Waals surface area (Å²) in [4.78, 5) is 11.9. The van der Waals surface area contributed by atoms with Crippen LogP contribution in [0.15, 0.2) is 6.33 Å². The van der Waals surface area contributed by atoms with Gasteiger partial charge in [0, 0.05) is 6.04 Å². The lowest BCUT2D eigenvalue weighted by Gasteiger charge is -2.21. The Morgan fingerprint density at radius 3 is 2.88 bits per heavy atom. The van der Waals surface area contributed by atoms with Crippen LogP contribution in [0.25, 0.3) is 0 Å². The molecule has 0 radical (unpaired) electrons. The van der Waals surface area contributed by atoms with Crippen molar-refractivity contribution in [1.82, 2.24) is 14.8 Å².